The van der Waals surface area contributed by atoms with Crippen molar-refractivity contribution in [3.05, 3.63) is 59.7 Å². The van der Waals surface area contributed by atoms with Crippen molar-refractivity contribution < 1.29 is 19.8 Å². The van der Waals surface area contributed by atoms with Crippen molar-refractivity contribution in [3.8, 4) is 11.1 Å². The van der Waals surface area contributed by atoms with Crippen molar-refractivity contribution in [2.24, 2.45) is 0 Å². The Hall–Kier alpha value is -1.92. The second-order valence-electron chi connectivity index (χ2n) is 5.69. The molecule has 0 fully saturated rings. The normalized spacial score (nSPS) is 13.9. The van der Waals surface area contributed by atoms with E-state index in [1.54, 1.807) is 23.5 Å². The highest BCUT2D eigenvalue weighted by molar-refractivity contribution is 8.17. The number of benzene rings is 2. The summed E-state index contributed by atoms with van der Waals surface area (Å²) in [6.45, 7) is 0. The van der Waals surface area contributed by atoms with Gasteiger partial charge in [-0.15, -0.1) is 23.5 Å². The van der Waals surface area contributed by atoms with Gasteiger partial charge in [-0.05, 0) is 22.3 Å². The van der Waals surface area contributed by atoms with E-state index in [-0.39, 0.29) is 12.8 Å². The lowest BCUT2D eigenvalue weighted by molar-refractivity contribution is -0.137. The fourth-order valence-corrected chi connectivity index (χ4v) is 6.37. The highest BCUT2D eigenvalue weighted by atomic mass is 32.2. The molecule has 1 aliphatic rings. The van der Waals surface area contributed by atoms with Crippen LogP contribution in [0.5, 0.6) is 0 Å². The Morgan fingerprint density at radius 2 is 1.16 bits per heavy atom. The van der Waals surface area contributed by atoms with Crippen molar-refractivity contribution in [3.63, 3.8) is 0 Å². The summed E-state index contributed by atoms with van der Waals surface area (Å²) in [5.74, 6) is -0.702. The number of hydrogen-bond acceptors (Lipinski definition) is 4. The number of carboxylic acid groups (broad SMARTS) is 2. The lowest BCUT2D eigenvalue weighted by Crippen LogP contribution is -2.19. The lowest BCUT2D eigenvalue weighted by atomic mass is 10.1. The van der Waals surface area contributed by atoms with Gasteiger partial charge in [-0.3, -0.25) is 9.59 Å². The molecule has 0 spiro atoms. The van der Waals surface area contributed by atoms with Crippen LogP contribution in [-0.4, -0.2) is 33.7 Å². The maximum atomic E-state index is 11.0. The standard InChI is InChI=1S/C19H18O4S2/c20-17(21)9-11-24-19(25-12-10-18(22)23)15-7-3-1-5-13(15)14-6-2-4-8-16(14)19/h1-8H,9-12H2,(H,20,21)(H,22,23). The first-order valence-corrected chi connectivity index (χ1v) is 9.92. The van der Waals surface area contributed by atoms with Gasteiger partial charge in [0.2, 0.25) is 0 Å². The van der Waals surface area contributed by atoms with Gasteiger partial charge < -0.3 is 10.2 Å². The number of fused-ring (bicyclic) bond motifs is 3. The summed E-state index contributed by atoms with van der Waals surface area (Å²) < 4.78 is -0.460. The van der Waals surface area contributed by atoms with Crippen LogP contribution in [0.3, 0.4) is 0 Å². The Morgan fingerprint density at radius 1 is 0.760 bits per heavy atom. The summed E-state index contributed by atoms with van der Waals surface area (Å²) in [5.41, 5.74) is 4.54. The van der Waals surface area contributed by atoms with E-state index in [1.807, 2.05) is 24.3 Å². The second kappa shape index (κ2) is 7.54. The zero-order valence-electron chi connectivity index (χ0n) is 13.5. The Labute approximate surface area is 154 Å². The average Bonchev–Trinajstić information content (AvgIpc) is 2.86. The minimum absolute atomic E-state index is 0.0796. The molecule has 2 aromatic carbocycles. The molecule has 0 atom stereocenters. The van der Waals surface area contributed by atoms with E-state index in [1.165, 1.54) is 0 Å². The summed E-state index contributed by atoms with van der Waals surface area (Å²) in [7, 11) is 0. The third-order valence-corrected chi connectivity index (χ3v) is 7.31. The number of hydrogen-bond donors (Lipinski definition) is 2. The monoisotopic (exact) mass is 374 g/mol. The largest absolute Gasteiger partial charge is 0.481 e. The quantitative estimate of drug-likeness (QED) is 0.672. The van der Waals surface area contributed by atoms with Crippen LogP contribution in [0.4, 0.5) is 0 Å². The first-order chi connectivity index (χ1) is 12.0. The molecule has 4 nitrogen and oxygen atoms in total. The third kappa shape index (κ3) is 3.55. The van der Waals surface area contributed by atoms with Crippen LogP contribution >= 0.6 is 23.5 Å². The van der Waals surface area contributed by atoms with Gasteiger partial charge in [0.25, 0.3) is 0 Å². The van der Waals surface area contributed by atoms with E-state index in [9.17, 15) is 9.59 Å². The predicted molar refractivity (Wildman–Crippen MR) is 102 cm³/mol. The number of carbonyl (C=O) groups is 2. The van der Waals surface area contributed by atoms with E-state index >= 15 is 0 Å². The van der Waals surface area contributed by atoms with Crippen LogP contribution in [0.25, 0.3) is 11.1 Å². The molecular formula is C19H18O4S2. The summed E-state index contributed by atoms with van der Waals surface area (Å²) in [6.07, 6.45) is 0.159. The molecule has 6 heteroatoms. The number of carboxylic acids is 2. The van der Waals surface area contributed by atoms with Gasteiger partial charge in [0, 0.05) is 11.5 Å². The van der Waals surface area contributed by atoms with Crippen molar-refractivity contribution in [1.82, 2.24) is 0 Å². The Bertz CT molecular complexity index is 736. The smallest absolute Gasteiger partial charge is 0.304 e. The van der Waals surface area contributed by atoms with E-state index in [0.717, 1.165) is 22.3 Å². The van der Waals surface area contributed by atoms with E-state index in [0.29, 0.717) is 11.5 Å². The molecule has 130 valence electrons. The zero-order valence-corrected chi connectivity index (χ0v) is 15.1. The Morgan fingerprint density at radius 3 is 1.56 bits per heavy atom. The number of rotatable bonds is 8. The summed E-state index contributed by atoms with van der Waals surface area (Å²) in [4.78, 5) is 21.9. The van der Waals surface area contributed by atoms with Gasteiger partial charge in [0.1, 0.15) is 4.08 Å². The molecule has 0 unspecified atom stereocenters. The molecule has 25 heavy (non-hydrogen) atoms. The van der Waals surface area contributed by atoms with Gasteiger partial charge in [0.05, 0.1) is 12.8 Å². The Kier molecular flexibility index (Phi) is 5.39. The predicted octanol–water partition coefficient (Wildman–Crippen LogP) is 4.28. The van der Waals surface area contributed by atoms with Crippen LogP contribution < -0.4 is 0 Å². The highest BCUT2D eigenvalue weighted by Crippen LogP contribution is 2.61. The number of thioether (sulfide) groups is 2. The fraction of sp³-hybridized carbons (Fsp3) is 0.263. The molecule has 0 amide bonds. The lowest BCUT2D eigenvalue weighted by Gasteiger charge is -2.30. The SMILES string of the molecule is O=C(O)CCSC1(SCCC(=O)O)c2ccccc2-c2ccccc21. The van der Waals surface area contributed by atoms with Crippen LogP contribution in [0.2, 0.25) is 0 Å². The topological polar surface area (TPSA) is 74.6 Å². The van der Waals surface area contributed by atoms with Gasteiger partial charge in [0.15, 0.2) is 0 Å². The van der Waals surface area contributed by atoms with Gasteiger partial charge >= 0.3 is 11.9 Å². The molecule has 0 radical (unpaired) electrons. The molecule has 0 saturated heterocycles. The summed E-state index contributed by atoms with van der Waals surface area (Å²) >= 11 is 3.17. The summed E-state index contributed by atoms with van der Waals surface area (Å²) in [5, 5.41) is 18.0. The molecule has 0 saturated carbocycles. The molecule has 0 bridgehead atoms. The highest BCUT2D eigenvalue weighted by Gasteiger charge is 2.43. The van der Waals surface area contributed by atoms with Crippen molar-refractivity contribution in [2.75, 3.05) is 11.5 Å². The van der Waals surface area contributed by atoms with Crippen molar-refractivity contribution in [1.29, 1.82) is 0 Å². The van der Waals surface area contributed by atoms with Gasteiger partial charge in [-0.2, -0.15) is 0 Å². The third-order valence-electron chi connectivity index (χ3n) is 4.10. The molecule has 0 aromatic heterocycles. The second-order valence-corrected chi connectivity index (χ2v) is 8.57. The van der Waals surface area contributed by atoms with E-state index in [2.05, 4.69) is 24.3 Å². The fourth-order valence-electron chi connectivity index (χ4n) is 3.07. The molecule has 0 heterocycles. The first-order valence-electron chi connectivity index (χ1n) is 7.95. The average molecular weight is 374 g/mol. The molecule has 1 aliphatic carbocycles. The van der Waals surface area contributed by atoms with Crippen LogP contribution in [0.15, 0.2) is 48.5 Å². The van der Waals surface area contributed by atoms with Crippen LogP contribution in [0.1, 0.15) is 24.0 Å². The van der Waals surface area contributed by atoms with Crippen molar-refractivity contribution in [2.45, 2.75) is 16.9 Å². The molecule has 3 rings (SSSR count). The van der Waals surface area contributed by atoms with Gasteiger partial charge in [-0.1, -0.05) is 48.5 Å². The molecule has 2 N–H and O–H groups in total. The van der Waals surface area contributed by atoms with Crippen molar-refractivity contribution >= 4 is 35.5 Å². The maximum Gasteiger partial charge on any atom is 0.304 e. The summed E-state index contributed by atoms with van der Waals surface area (Å²) in [6, 6.07) is 16.2. The molecule has 2 aromatic rings. The Balaban J connectivity index is 2.02. The number of aliphatic carboxylic acids is 2. The molecule has 0 aliphatic heterocycles. The van der Waals surface area contributed by atoms with E-state index in [4.69, 9.17) is 10.2 Å². The van der Waals surface area contributed by atoms with Crippen LogP contribution in [-0.2, 0) is 13.7 Å². The first kappa shape index (κ1) is 17.9. The van der Waals surface area contributed by atoms with E-state index < -0.39 is 16.0 Å². The minimum atomic E-state index is -0.822. The zero-order chi connectivity index (χ0) is 17.9. The maximum absolute atomic E-state index is 11.0. The van der Waals surface area contributed by atoms with Gasteiger partial charge in [-0.25, -0.2) is 0 Å². The van der Waals surface area contributed by atoms with Crippen LogP contribution in [0, 0.1) is 0 Å². The molecular weight excluding hydrogens is 356 g/mol. The minimum Gasteiger partial charge on any atom is -0.481 e.